The Balaban J connectivity index is 1.89. The largest absolute Gasteiger partial charge is 0.364 e. The first-order valence-corrected chi connectivity index (χ1v) is 7.90. The lowest BCUT2D eigenvalue weighted by Crippen LogP contribution is -2.46. The van der Waals surface area contributed by atoms with E-state index < -0.39 is 6.10 Å². The van der Waals surface area contributed by atoms with Crippen molar-refractivity contribution in [2.24, 2.45) is 0 Å². The predicted molar refractivity (Wildman–Crippen MR) is 93.0 cm³/mol. The highest BCUT2D eigenvalue weighted by molar-refractivity contribution is 5.82. The van der Waals surface area contributed by atoms with Gasteiger partial charge in [-0.05, 0) is 38.5 Å². The van der Waals surface area contributed by atoms with Crippen LogP contribution in [-0.4, -0.2) is 18.6 Å². The molecule has 1 amide bonds. The lowest BCUT2D eigenvalue weighted by atomic mass is 10.2. The van der Waals surface area contributed by atoms with Gasteiger partial charge in [0.15, 0.2) is 0 Å². The van der Waals surface area contributed by atoms with Gasteiger partial charge in [0.05, 0.1) is 12.3 Å². The Morgan fingerprint density at radius 3 is 2.39 bits per heavy atom. The van der Waals surface area contributed by atoms with Crippen LogP contribution in [0.5, 0.6) is 0 Å². The predicted octanol–water partition coefficient (Wildman–Crippen LogP) is 3.46. The minimum absolute atomic E-state index is 0.150. The number of aryl methyl sites for hydroxylation is 1. The molecule has 1 atom stereocenters. The minimum atomic E-state index is -0.519. The molecule has 0 aliphatic carbocycles. The minimum Gasteiger partial charge on any atom is -0.364 e. The molecular weight excluding hydrogens is 288 g/mol. The number of amides is 1. The van der Waals surface area contributed by atoms with Crippen LogP contribution in [0.4, 0.5) is 5.69 Å². The maximum absolute atomic E-state index is 12.3. The number of nitrogens with zero attached hydrogens (tertiary/aromatic N) is 1. The summed E-state index contributed by atoms with van der Waals surface area (Å²) in [4.78, 5) is 12.3. The fraction of sp³-hybridized carbons (Fsp3) is 0.316. The van der Waals surface area contributed by atoms with Crippen molar-refractivity contribution in [3.63, 3.8) is 0 Å². The first-order valence-electron chi connectivity index (χ1n) is 7.90. The number of nitrogens with one attached hydrogen (secondary N) is 1. The van der Waals surface area contributed by atoms with Gasteiger partial charge >= 0.3 is 0 Å². The summed E-state index contributed by atoms with van der Waals surface area (Å²) in [6, 6.07) is 17.9. The Kier molecular flexibility index (Phi) is 6.18. The number of anilines is 1. The average molecular weight is 312 g/mol. The van der Waals surface area contributed by atoms with Gasteiger partial charge in [0, 0.05) is 6.54 Å². The van der Waals surface area contributed by atoms with Crippen molar-refractivity contribution in [3.8, 4) is 0 Å². The summed E-state index contributed by atoms with van der Waals surface area (Å²) >= 11 is 0. The van der Waals surface area contributed by atoms with Gasteiger partial charge in [-0.3, -0.25) is 15.2 Å². The van der Waals surface area contributed by atoms with E-state index in [2.05, 4.69) is 5.43 Å². The SMILES string of the molecule is CCN(NC(=O)C(C)OCc1ccccc1)c1ccc(C)cc1. The molecule has 0 saturated carbocycles. The van der Waals surface area contributed by atoms with E-state index in [-0.39, 0.29) is 5.91 Å². The van der Waals surface area contributed by atoms with Crippen LogP contribution in [0.1, 0.15) is 25.0 Å². The Labute approximate surface area is 138 Å². The van der Waals surface area contributed by atoms with E-state index in [1.807, 2.05) is 73.5 Å². The summed E-state index contributed by atoms with van der Waals surface area (Å²) in [5.74, 6) is -0.150. The van der Waals surface area contributed by atoms with Crippen LogP contribution >= 0.6 is 0 Å². The van der Waals surface area contributed by atoms with Crippen LogP contribution in [-0.2, 0) is 16.1 Å². The van der Waals surface area contributed by atoms with Crippen LogP contribution in [0.15, 0.2) is 54.6 Å². The fourth-order valence-corrected chi connectivity index (χ4v) is 2.15. The summed E-state index contributed by atoms with van der Waals surface area (Å²) in [6.07, 6.45) is -0.519. The molecule has 0 aliphatic heterocycles. The van der Waals surface area contributed by atoms with E-state index in [0.29, 0.717) is 13.2 Å². The van der Waals surface area contributed by atoms with Gasteiger partial charge in [0.2, 0.25) is 0 Å². The Morgan fingerprint density at radius 1 is 1.13 bits per heavy atom. The number of carbonyl (C=O) groups excluding carboxylic acids is 1. The van der Waals surface area contributed by atoms with Gasteiger partial charge in [-0.15, -0.1) is 0 Å². The normalized spacial score (nSPS) is 11.8. The summed E-state index contributed by atoms with van der Waals surface area (Å²) < 4.78 is 5.65. The molecule has 0 aliphatic rings. The second-order valence-corrected chi connectivity index (χ2v) is 5.49. The van der Waals surface area contributed by atoms with Gasteiger partial charge in [0.1, 0.15) is 6.10 Å². The van der Waals surface area contributed by atoms with Crippen LogP contribution in [0.3, 0.4) is 0 Å². The Hall–Kier alpha value is -2.33. The maximum atomic E-state index is 12.3. The third kappa shape index (κ3) is 5.11. The third-order valence-electron chi connectivity index (χ3n) is 3.62. The summed E-state index contributed by atoms with van der Waals surface area (Å²) in [6.45, 7) is 6.90. The number of benzene rings is 2. The molecule has 0 bridgehead atoms. The molecule has 4 heteroatoms. The number of hydrogen-bond acceptors (Lipinski definition) is 3. The molecule has 23 heavy (non-hydrogen) atoms. The van der Waals surface area contributed by atoms with Crippen molar-refractivity contribution in [1.29, 1.82) is 0 Å². The zero-order valence-corrected chi connectivity index (χ0v) is 14.0. The van der Waals surface area contributed by atoms with E-state index in [1.165, 1.54) is 5.56 Å². The van der Waals surface area contributed by atoms with Gasteiger partial charge < -0.3 is 4.74 Å². The van der Waals surface area contributed by atoms with Crippen molar-refractivity contribution < 1.29 is 9.53 Å². The van der Waals surface area contributed by atoms with Crippen LogP contribution in [0, 0.1) is 6.92 Å². The van der Waals surface area contributed by atoms with E-state index in [4.69, 9.17) is 4.74 Å². The maximum Gasteiger partial charge on any atom is 0.267 e. The van der Waals surface area contributed by atoms with Crippen molar-refractivity contribution in [1.82, 2.24) is 5.43 Å². The van der Waals surface area contributed by atoms with Crippen LogP contribution in [0.2, 0.25) is 0 Å². The molecular formula is C19H24N2O2. The molecule has 0 fully saturated rings. The fourth-order valence-electron chi connectivity index (χ4n) is 2.15. The molecule has 0 saturated heterocycles. The highest BCUT2D eigenvalue weighted by Gasteiger charge is 2.16. The molecule has 0 aromatic heterocycles. The van der Waals surface area contributed by atoms with Crippen LogP contribution < -0.4 is 10.4 Å². The second-order valence-electron chi connectivity index (χ2n) is 5.49. The standard InChI is InChI=1S/C19H24N2O2/c1-4-21(18-12-10-15(2)11-13-18)20-19(22)16(3)23-14-17-8-6-5-7-9-17/h5-13,16H,4,14H2,1-3H3,(H,20,22). The quantitative estimate of drug-likeness (QED) is 0.796. The van der Waals surface area contributed by atoms with Crippen molar-refractivity contribution in [3.05, 3.63) is 65.7 Å². The van der Waals surface area contributed by atoms with Gasteiger partial charge in [-0.2, -0.15) is 0 Å². The monoisotopic (exact) mass is 312 g/mol. The summed E-state index contributed by atoms with van der Waals surface area (Å²) in [5, 5.41) is 1.82. The van der Waals surface area contributed by atoms with Crippen molar-refractivity contribution >= 4 is 11.6 Å². The zero-order chi connectivity index (χ0) is 16.7. The van der Waals surface area contributed by atoms with Gasteiger partial charge in [-0.1, -0.05) is 48.0 Å². The highest BCUT2D eigenvalue weighted by atomic mass is 16.5. The third-order valence-corrected chi connectivity index (χ3v) is 3.62. The van der Waals surface area contributed by atoms with E-state index in [0.717, 1.165) is 11.3 Å². The van der Waals surface area contributed by atoms with E-state index in [9.17, 15) is 4.79 Å². The molecule has 1 unspecified atom stereocenters. The Morgan fingerprint density at radius 2 is 1.78 bits per heavy atom. The van der Waals surface area contributed by atoms with Crippen molar-refractivity contribution in [2.75, 3.05) is 11.6 Å². The summed E-state index contributed by atoms with van der Waals surface area (Å²) in [5.41, 5.74) is 6.11. The molecule has 0 radical (unpaired) electrons. The summed E-state index contributed by atoms with van der Waals surface area (Å²) in [7, 11) is 0. The average Bonchev–Trinajstić information content (AvgIpc) is 2.59. The number of hydrazine groups is 1. The lowest BCUT2D eigenvalue weighted by molar-refractivity contribution is -0.132. The number of hydrogen-bond donors (Lipinski definition) is 1. The zero-order valence-electron chi connectivity index (χ0n) is 14.0. The van der Waals surface area contributed by atoms with Crippen LogP contribution in [0.25, 0.3) is 0 Å². The van der Waals surface area contributed by atoms with Crippen molar-refractivity contribution in [2.45, 2.75) is 33.5 Å². The molecule has 2 aromatic rings. The first-order chi connectivity index (χ1) is 11.1. The smallest absolute Gasteiger partial charge is 0.267 e. The molecule has 1 N–H and O–H groups in total. The molecule has 4 nitrogen and oxygen atoms in total. The van der Waals surface area contributed by atoms with E-state index in [1.54, 1.807) is 6.92 Å². The topological polar surface area (TPSA) is 41.6 Å². The number of carbonyl (C=O) groups is 1. The number of rotatable bonds is 7. The lowest BCUT2D eigenvalue weighted by Gasteiger charge is -2.25. The molecule has 2 rings (SSSR count). The molecule has 0 heterocycles. The molecule has 2 aromatic carbocycles. The molecule has 0 spiro atoms. The molecule has 122 valence electrons. The highest BCUT2D eigenvalue weighted by Crippen LogP contribution is 2.13. The first kappa shape index (κ1) is 17.0. The number of ether oxygens (including phenoxy) is 1. The second kappa shape index (κ2) is 8.34. The Bertz CT molecular complexity index is 611. The van der Waals surface area contributed by atoms with E-state index >= 15 is 0 Å². The van der Waals surface area contributed by atoms with Gasteiger partial charge in [-0.25, -0.2) is 0 Å². The van der Waals surface area contributed by atoms with Gasteiger partial charge in [0.25, 0.3) is 5.91 Å².